The number of phenolic OH excluding ortho intramolecular Hbond substituents is 1. The van der Waals surface area contributed by atoms with Crippen LogP contribution in [0, 0.1) is 0 Å². The molecule has 1 N–H and O–H groups in total. The maximum absolute atomic E-state index is 12.4. The highest BCUT2D eigenvalue weighted by molar-refractivity contribution is 6.30. The first-order valence-electron chi connectivity index (χ1n) is 7.01. The number of ketones is 1. The van der Waals surface area contributed by atoms with E-state index >= 15 is 0 Å². The average Bonchev–Trinajstić information content (AvgIpc) is 2.50. The molecule has 2 aromatic carbocycles. The zero-order valence-electron chi connectivity index (χ0n) is 11.9. The highest BCUT2D eigenvalue weighted by atomic mass is 35.5. The number of hydrogen-bond donors (Lipinski definition) is 1. The van der Waals surface area contributed by atoms with Gasteiger partial charge in [0.15, 0.2) is 5.78 Å². The molecule has 0 aliphatic carbocycles. The molecule has 0 aromatic heterocycles. The van der Waals surface area contributed by atoms with Crippen molar-refractivity contribution in [2.45, 2.75) is 18.9 Å². The molecule has 4 heteroatoms. The van der Waals surface area contributed by atoms with Crippen molar-refractivity contribution < 1.29 is 14.6 Å². The predicted molar refractivity (Wildman–Crippen MR) is 85.8 cm³/mol. The van der Waals surface area contributed by atoms with Gasteiger partial charge in [0, 0.05) is 5.02 Å². The van der Waals surface area contributed by atoms with E-state index in [1.165, 1.54) is 0 Å². The Morgan fingerprint density at radius 2 is 2.00 bits per heavy atom. The van der Waals surface area contributed by atoms with Gasteiger partial charge in [-0.25, -0.2) is 0 Å². The number of carbonyl (C=O) groups is 1. The van der Waals surface area contributed by atoms with Crippen LogP contribution >= 0.6 is 11.6 Å². The van der Waals surface area contributed by atoms with E-state index in [1.807, 2.05) is 12.1 Å². The third kappa shape index (κ3) is 2.60. The lowest BCUT2D eigenvalue weighted by atomic mass is 9.93. The fourth-order valence-corrected chi connectivity index (χ4v) is 2.76. The SMILES string of the molecule is C=CCc1ccc2c(c1O)C(=O)CC(c1ccc(Cl)cc1)O2. The molecular formula is C18H15ClO3. The summed E-state index contributed by atoms with van der Waals surface area (Å²) in [6.45, 7) is 3.65. The van der Waals surface area contributed by atoms with Crippen LogP contribution in [-0.2, 0) is 6.42 Å². The molecule has 3 rings (SSSR count). The van der Waals surface area contributed by atoms with Gasteiger partial charge < -0.3 is 9.84 Å². The minimum atomic E-state index is -0.359. The zero-order chi connectivity index (χ0) is 15.7. The van der Waals surface area contributed by atoms with Gasteiger partial charge in [-0.3, -0.25) is 4.79 Å². The van der Waals surface area contributed by atoms with E-state index < -0.39 is 0 Å². The van der Waals surface area contributed by atoms with Gasteiger partial charge in [-0.2, -0.15) is 0 Å². The Morgan fingerprint density at radius 1 is 1.27 bits per heavy atom. The average molecular weight is 315 g/mol. The van der Waals surface area contributed by atoms with Gasteiger partial charge in [0.25, 0.3) is 0 Å². The number of allylic oxidation sites excluding steroid dienone is 1. The Balaban J connectivity index is 1.96. The molecule has 1 unspecified atom stereocenters. The standard InChI is InChI=1S/C18H15ClO3/c1-2-3-12-6-9-15-17(18(12)21)14(20)10-16(22-15)11-4-7-13(19)8-5-11/h2,4-9,16,21H,1,3,10H2. The number of benzene rings is 2. The third-order valence-corrected chi connectivity index (χ3v) is 4.00. The van der Waals surface area contributed by atoms with Crippen molar-refractivity contribution in [3.63, 3.8) is 0 Å². The Hall–Kier alpha value is -2.26. The molecule has 2 aromatic rings. The molecule has 0 spiro atoms. The molecule has 0 fully saturated rings. The second-order valence-electron chi connectivity index (χ2n) is 5.22. The van der Waals surface area contributed by atoms with Crippen LogP contribution in [0.4, 0.5) is 0 Å². The molecule has 0 amide bonds. The third-order valence-electron chi connectivity index (χ3n) is 3.75. The summed E-state index contributed by atoms with van der Waals surface area (Å²) in [6, 6.07) is 10.7. The van der Waals surface area contributed by atoms with Crippen molar-refractivity contribution in [1.29, 1.82) is 0 Å². The number of carbonyl (C=O) groups excluding carboxylic acids is 1. The normalized spacial score (nSPS) is 16.8. The maximum Gasteiger partial charge on any atom is 0.174 e. The number of rotatable bonds is 3. The largest absolute Gasteiger partial charge is 0.507 e. The molecule has 0 saturated carbocycles. The fourth-order valence-electron chi connectivity index (χ4n) is 2.63. The Kier molecular flexibility index (Phi) is 3.90. The van der Waals surface area contributed by atoms with Crippen LogP contribution in [0.25, 0.3) is 0 Å². The van der Waals surface area contributed by atoms with E-state index in [1.54, 1.807) is 30.3 Å². The van der Waals surface area contributed by atoms with Crippen LogP contribution in [-0.4, -0.2) is 10.9 Å². The van der Waals surface area contributed by atoms with E-state index in [0.717, 1.165) is 5.56 Å². The topological polar surface area (TPSA) is 46.5 Å². The summed E-state index contributed by atoms with van der Waals surface area (Å²) in [4.78, 5) is 12.4. The van der Waals surface area contributed by atoms with Crippen LogP contribution in [0.2, 0.25) is 5.02 Å². The molecule has 22 heavy (non-hydrogen) atoms. The van der Waals surface area contributed by atoms with Crippen LogP contribution in [0.5, 0.6) is 11.5 Å². The summed E-state index contributed by atoms with van der Waals surface area (Å²) >= 11 is 5.88. The Labute approximate surface area is 133 Å². The number of aromatic hydroxyl groups is 1. The van der Waals surface area contributed by atoms with Crippen LogP contribution in [0.3, 0.4) is 0 Å². The predicted octanol–water partition coefficient (Wildman–Crippen LogP) is 4.48. The lowest BCUT2D eigenvalue weighted by molar-refractivity contribution is 0.0845. The van der Waals surface area contributed by atoms with Crippen molar-refractivity contribution in [3.05, 3.63) is 70.8 Å². The minimum absolute atomic E-state index is 0.00282. The molecule has 1 atom stereocenters. The van der Waals surface area contributed by atoms with E-state index in [9.17, 15) is 9.90 Å². The fraction of sp³-hybridized carbons (Fsp3) is 0.167. The van der Waals surface area contributed by atoms with Crippen molar-refractivity contribution in [2.75, 3.05) is 0 Å². The molecule has 112 valence electrons. The number of phenols is 1. The highest BCUT2D eigenvalue weighted by Crippen LogP contribution is 2.41. The lowest BCUT2D eigenvalue weighted by Crippen LogP contribution is -2.20. The number of fused-ring (bicyclic) bond motifs is 1. The van der Waals surface area contributed by atoms with Gasteiger partial charge >= 0.3 is 0 Å². The second kappa shape index (κ2) is 5.85. The second-order valence-corrected chi connectivity index (χ2v) is 5.66. The summed E-state index contributed by atoms with van der Waals surface area (Å²) in [7, 11) is 0. The van der Waals surface area contributed by atoms with Crippen LogP contribution in [0.1, 0.15) is 34.0 Å². The molecule has 0 radical (unpaired) electrons. The Morgan fingerprint density at radius 3 is 2.68 bits per heavy atom. The molecule has 0 bridgehead atoms. The maximum atomic E-state index is 12.4. The van der Waals surface area contributed by atoms with Crippen LogP contribution < -0.4 is 4.74 Å². The van der Waals surface area contributed by atoms with Gasteiger partial charge in [0.1, 0.15) is 23.2 Å². The zero-order valence-corrected chi connectivity index (χ0v) is 12.6. The van der Waals surface area contributed by atoms with Gasteiger partial charge in [0.05, 0.1) is 6.42 Å². The number of Topliss-reactive ketones (excluding diaryl/α,β-unsaturated/α-hetero) is 1. The first-order valence-corrected chi connectivity index (χ1v) is 7.39. The van der Waals surface area contributed by atoms with E-state index in [0.29, 0.717) is 22.8 Å². The molecule has 1 heterocycles. The summed E-state index contributed by atoms with van der Waals surface area (Å²) in [5.41, 5.74) is 1.83. The van der Waals surface area contributed by atoms with Crippen LogP contribution in [0.15, 0.2) is 49.1 Å². The monoisotopic (exact) mass is 314 g/mol. The minimum Gasteiger partial charge on any atom is -0.507 e. The Bertz CT molecular complexity index is 735. The lowest BCUT2D eigenvalue weighted by Gasteiger charge is -2.26. The van der Waals surface area contributed by atoms with E-state index in [-0.39, 0.29) is 29.6 Å². The van der Waals surface area contributed by atoms with Gasteiger partial charge in [-0.15, -0.1) is 6.58 Å². The van der Waals surface area contributed by atoms with Gasteiger partial charge in [0.2, 0.25) is 0 Å². The van der Waals surface area contributed by atoms with Gasteiger partial charge in [-0.1, -0.05) is 35.9 Å². The quantitative estimate of drug-likeness (QED) is 0.850. The van der Waals surface area contributed by atoms with Crippen molar-refractivity contribution in [2.24, 2.45) is 0 Å². The number of halogens is 1. The highest BCUT2D eigenvalue weighted by Gasteiger charge is 2.30. The molecule has 1 aliphatic rings. The summed E-state index contributed by atoms with van der Waals surface area (Å²) in [5.74, 6) is 0.295. The summed E-state index contributed by atoms with van der Waals surface area (Å²) < 4.78 is 5.89. The van der Waals surface area contributed by atoms with Crippen molar-refractivity contribution in [1.82, 2.24) is 0 Å². The molecule has 0 saturated heterocycles. The van der Waals surface area contributed by atoms with E-state index in [2.05, 4.69) is 6.58 Å². The van der Waals surface area contributed by atoms with Gasteiger partial charge in [-0.05, 0) is 35.7 Å². The number of hydrogen-bond acceptors (Lipinski definition) is 3. The summed E-state index contributed by atoms with van der Waals surface area (Å²) in [5, 5.41) is 10.9. The number of ether oxygens (including phenoxy) is 1. The molecule has 1 aliphatic heterocycles. The molecular weight excluding hydrogens is 300 g/mol. The first-order chi connectivity index (χ1) is 10.6. The molecule has 3 nitrogen and oxygen atoms in total. The van der Waals surface area contributed by atoms with Crippen molar-refractivity contribution >= 4 is 17.4 Å². The summed E-state index contributed by atoms with van der Waals surface area (Å²) in [6.07, 6.45) is 2.03. The first kappa shape index (κ1) is 14.7. The smallest absolute Gasteiger partial charge is 0.174 e. The van der Waals surface area contributed by atoms with E-state index in [4.69, 9.17) is 16.3 Å². The van der Waals surface area contributed by atoms with Crippen molar-refractivity contribution in [3.8, 4) is 11.5 Å².